The first kappa shape index (κ1) is 20.3. The number of amides is 1. The van der Waals surface area contributed by atoms with Gasteiger partial charge in [-0.05, 0) is 19.4 Å². The largest absolute Gasteiger partial charge is 0.433 e. The quantitative estimate of drug-likeness (QED) is 0.448. The number of nitrogens with one attached hydrogen (secondary N) is 1. The van der Waals surface area contributed by atoms with Crippen LogP contribution in [0.3, 0.4) is 0 Å². The van der Waals surface area contributed by atoms with Crippen LogP contribution in [0.2, 0.25) is 0 Å². The van der Waals surface area contributed by atoms with Crippen LogP contribution in [0.25, 0.3) is 0 Å². The average molecular weight is 427 g/mol. The summed E-state index contributed by atoms with van der Waals surface area (Å²) < 4.78 is 41.6. The first-order valence-electron chi connectivity index (χ1n) is 8.22. The van der Waals surface area contributed by atoms with Crippen molar-refractivity contribution >= 4 is 34.1 Å². The van der Waals surface area contributed by atoms with Crippen molar-refractivity contribution in [2.24, 2.45) is 0 Å². The molecule has 6 nitrogen and oxygen atoms in total. The van der Waals surface area contributed by atoms with Gasteiger partial charge < -0.3 is 0 Å². The van der Waals surface area contributed by atoms with Crippen LogP contribution in [0, 0.1) is 0 Å². The Morgan fingerprint density at radius 2 is 1.96 bits per heavy atom. The molecule has 0 saturated heterocycles. The van der Waals surface area contributed by atoms with E-state index in [0.29, 0.717) is 10.1 Å². The zero-order valence-corrected chi connectivity index (χ0v) is 16.5. The van der Waals surface area contributed by atoms with E-state index in [2.05, 4.69) is 20.6 Å². The van der Waals surface area contributed by atoms with Crippen molar-refractivity contribution in [2.45, 2.75) is 36.2 Å². The van der Waals surface area contributed by atoms with Crippen LogP contribution in [-0.2, 0) is 11.9 Å². The molecule has 2 aromatic heterocycles. The Bertz CT molecular complexity index is 953. The monoisotopic (exact) mass is 427 g/mol. The minimum absolute atomic E-state index is 0.131. The molecule has 2 heterocycles. The number of alkyl halides is 3. The number of aromatic nitrogens is 4. The number of rotatable bonds is 6. The van der Waals surface area contributed by atoms with Crippen LogP contribution in [-0.4, -0.2) is 25.9 Å². The Kier molecular flexibility index (Phi) is 6.04. The van der Waals surface area contributed by atoms with Gasteiger partial charge in [-0.25, -0.2) is 0 Å². The lowest BCUT2D eigenvalue weighted by atomic mass is 10.2. The Morgan fingerprint density at radius 1 is 1.25 bits per heavy atom. The summed E-state index contributed by atoms with van der Waals surface area (Å²) in [6.07, 6.45) is -3.78. The fourth-order valence-electron chi connectivity index (χ4n) is 2.40. The van der Waals surface area contributed by atoms with Gasteiger partial charge in [0.15, 0.2) is 10.0 Å². The topological polar surface area (TPSA) is 72.7 Å². The summed E-state index contributed by atoms with van der Waals surface area (Å²) in [4.78, 5) is 12.4. The second kappa shape index (κ2) is 8.31. The molecule has 0 aliphatic rings. The van der Waals surface area contributed by atoms with Crippen LogP contribution in [0.1, 0.15) is 41.5 Å². The number of anilines is 1. The van der Waals surface area contributed by atoms with E-state index in [-0.39, 0.29) is 5.13 Å². The van der Waals surface area contributed by atoms with Crippen molar-refractivity contribution in [1.82, 2.24) is 20.0 Å². The van der Waals surface area contributed by atoms with E-state index in [1.807, 2.05) is 30.3 Å². The predicted octanol–water partition coefficient (Wildman–Crippen LogP) is 4.88. The van der Waals surface area contributed by atoms with Gasteiger partial charge in [0.05, 0.1) is 11.8 Å². The van der Waals surface area contributed by atoms with Crippen molar-refractivity contribution in [3.05, 3.63) is 53.3 Å². The highest BCUT2D eigenvalue weighted by atomic mass is 32.2. The molecule has 0 spiro atoms. The maximum atomic E-state index is 13.4. The van der Waals surface area contributed by atoms with Gasteiger partial charge >= 0.3 is 6.18 Å². The number of thioether (sulfide) groups is 1. The van der Waals surface area contributed by atoms with E-state index in [1.165, 1.54) is 11.8 Å². The summed E-state index contributed by atoms with van der Waals surface area (Å²) in [5, 5.41) is 14.0. The highest BCUT2D eigenvalue weighted by Crippen LogP contribution is 2.34. The van der Waals surface area contributed by atoms with Crippen LogP contribution in [0.15, 0.2) is 40.9 Å². The predicted molar refractivity (Wildman–Crippen MR) is 101 cm³/mol. The molecule has 3 rings (SSSR count). The number of hydrogen-bond acceptors (Lipinski definition) is 6. The third kappa shape index (κ3) is 4.71. The lowest BCUT2D eigenvalue weighted by Crippen LogP contribution is -2.22. The van der Waals surface area contributed by atoms with Gasteiger partial charge in [-0.1, -0.05) is 53.4 Å². The van der Waals surface area contributed by atoms with E-state index in [1.54, 1.807) is 13.8 Å². The molecule has 0 aliphatic carbocycles. The fourth-order valence-corrected chi connectivity index (χ4v) is 4.11. The Balaban J connectivity index is 1.71. The Labute approximate surface area is 167 Å². The van der Waals surface area contributed by atoms with Crippen molar-refractivity contribution < 1.29 is 18.0 Å². The van der Waals surface area contributed by atoms with Crippen molar-refractivity contribution in [1.29, 1.82) is 0 Å². The van der Waals surface area contributed by atoms with E-state index < -0.39 is 29.4 Å². The molecule has 0 saturated carbocycles. The van der Waals surface area contributed by atoms with E-state index in [9.17, 15) is 18.0 Å². The number of hydrogen-bond donors (Lipinski definition) is 1. The lowest BCUT2D eigenvalue weighted by Gasteiger charge is -2.14. The summed E-state index contributed by atoms with van der Waals surface area (Å²) in [7, 11) is 0. The van der Waals surface area contributed by atoms with Gasteiger partial charge in [0, 0.05) is 11.8 Å². The van der Waals surface area contributed by atoms with E-state index in [4.69, 9.17) is 0 Å². The van der Waals surface area contributed by atoms with Crippen LogP contribution < -0.4 is 5.32 Å². The third-order valence-electron chi connectivity index (χ3n) is 3.63. The fraction of sp³-hybridized carbons (Fsp3) is 0.294. The molecule has 28 heavy (non-hydrogen) atoms. The Morgan fingerprint density at radius 3 is 2.61 bits per heavy atom. The van der Waals surface area contributed by atoms with Crippen molar-refractivity contribution in [2.75, 3.05) is 5.32 Å². The second-order valence-corrected chi connectivity index (χ2v) is 8.24. The summed E-state index contributed by atoms with van der Waals surface area (Å²) in [5.74, 6) is -0.252. The molecule has 0 atom stereocenters. The summed E-state index contributed by atoms with van der Waals surface area (Å²) >= 11 is 2.53. The van der Waals surface area contributed by atoms with Gasteiger partial charge in [0.25, 0.3) is 5.91 Å². The molecular weight excluding hydrogens is 411 g/mol. The summed E-state index contributed by atoms with van der Waals surface area (Å²) in [5.41, 5.74) is -0.526. The highest BCUT2D eigenvalue weighted by Gasteiger charge is 2.40. The first-order valence-corrected chi connectivity index (χ1v) is 10.0. The highest BCUT2D eigenvalue weighted by molar-refractivity contribution is 8.00. The molecule has 0 unspecified atom stereocenters. The third-order valence-corrected chi connectivity index (χ3v) is 5.67. The van der Waals surface area contributed by atoms with Gasteiger partial charge in [-0.2, -0.15) is 18.3 Å². The maximum Gasteiger partial charge on any atom is 0.433 e. The normalized spacial score (nSPS) is 11.8. The number of carbonyl (C=O) groups is 1. The van der Waals surface area contributed by atoms with Crippen LogP contribution in [0.5, 0.6) is 0 Å². The average Bonchev–Trinajstić information content (AvgIpc) is 3.27. The van der Waals surface area contributed by atoms with Gasteiger partial charge in [-0.15, -0.1) is 10.2 Å². The number of benzene rings is 1. The Hall–Kier alpha value is -2.40. The van der Waals surface area contributed by atoms with Gasteiger partial charge in [0.1, 0.15) is 0 Å². The SMILES string of the molecule is CC(C)n1ncc(C(=O)Nc2nnc(SCc3ccccc3)s2)c1C(F)(F)F. The first-order chi connectivity index (χ1) is 13.3. The number of carbonyl (C=O) groups excluding carboxylic acids is 1. The van der Waals surface area contributed by atoms with Crippen molar-refractivity contribution in [3.63, 3.8) is 0 Å². The maximum absolute atomic E-state index is 13.4. The van der Waals surface area contributed by atoms with Crippen molar-refractivity contribution in [3.8, 4) is 0 Å². The molecule has 0 aliphatic heterocycles. The standard InChI is InChI=1S/C17H16F3N5OS2/c1-10(2)25-13(17(18,19)20)12(8-21-25)14(26)22-15-23-24-16(28-15)27-9-11-6-4-3-5-7-11/h3-8,10H,9H2,1-2H3,(H,22,23,26). The summed E-state index contributed by atoms with van der Waals surface area (Å²) in [6.45, 7) is 3.12. The number of nitrogens with zero attached hydrogens (tertiary/aromatic N) is 4. The molecular formula is C17H16F3N5OS2. The molecule has 0 bridgehead atoms. The second-order valence-electron chi connectivity index (χ2n) is 6.04. The molecule has 1 amide bonds. The van der Waals surface area contributed by atoms with Crippen LogP contribution >= 0.6 is 23.1 Å². The molecule has 1 N–H and O–H groups in total. The minimum atomic E-state index is -4.70. The number of halogens is 3. The smallest absolute Gasteiger partial charge is 0.296 e. The van der Waals surface area contributed by atoms with Gasteiger partial charge in [0.2, 0.25) is 5.13 Å². The van der Waals surface area contributed by atoms with Crippen LogP contribution in [0.4, 0.5) is 18.3 Å². The molecule has 1 aromatic carbocycles. The molecule has 3 aromatic rings. The molecule has 0 fully saturated rings. The zero-order chi connectivity index (χ0) is 20.3. The van der Waals surface area contributed by atoms with E-state index >= 15 is 0 Å². The summed E-state index contributed by atoms with van der Waals surface area (Å²) in [6, 6.07) is 9.18. The van der Waals surface area contributed by atoms with Gasteiger partial charge in [-0.3, -0.25) is 14.8 Å². The van der Waals surface area contributed by atoms with E-state index in [0.717, 1.165) is 27.8 Å². The zero-order valence-electron chi connectivity index (χ0n) is 14.9. The lowest BCUT2D eigenvalue weighted by molar-refractivity contribution is -0.145. The molecule has 148 valence electrons. The minimum Gasteiger partial charge on any atom is -0.296 e. The molecule has 11 heteroatoms. The molecule has 0 radical (unpaired) electrons.